The van der Waals surface area contributed by atoms with E-state index in [4.69, 9.17) is 9.47 Å². The van der Waals surface area contributed by atoms with Crippen molar-refractivity contribution < 1.29 is 19.1 Å². The van der Waals surface area contributed by atoms with E-state index in [1.54, 1.807) is 26.2 Å². The van der Waals surface area contributed by atoms with Crippen LogP contribution in [0.15, 0.2) is 42.5 Å². The Hall–Kier alpha value is -2.86. The van der Waals surface area contributed by atoms with Gasteiger partial charge in [-0.1, -0.05) is 25.1 Å². The molecule has 1 saturated carbocycles. The Kier molecular flexibility index (Phi) is 7.57. The Balaban J connectivity index is 1.26. The van der Waals surface area contributed by atoms with Crippen LogP contribution in [-0.2, 0) is 27.8 Å². The predicted octanol–water partition coefficient (Wildman–Crippen LogP) is 4.54. The van der Waals surface area contributed by atoms with Crippen LogP contribution in [0.3, 0.4) is 0 Å². The minimum absolute atomic E-state index is 0.0114. The SMILES string of the molecule is CCOC(=O)c1ccc(CC(=O)NCC[C@@]23CCN(CC4CC4)[C@H](Cc4ccc(OC)cc42)[C@@H]3C)cc1. The topological polar surface area (TPSA) is 67.9 Å². The maximum atomic E-state index is 12.8. The van der Waals surface area contributed by atoms with Crippen molar-refractivity contribution in [2.75, 3.05) is 33.4 Å². The second kappa shape index (κ2) is 10.9. The van der Waals surface area contributed by atoms with Crippen molar-refractivity contribution in [1.29, 1.82) is 0 Å². The second-order valence-electron chi connectivity index (χ2n) is 11.1. The largest absolute Gasteiger partial charge is 0.497 e. The van der Waals surface area contributed by atoms with E-state index in [9.17, 15) is 9.59 Å². The van der Waals surface area contributed by atoms with Crippen LogP contribution < -0.4 is 10.1 Å². The molecule has 2 aliphatic carbocycles. The van der Waals surface area contributed by atoms with Gasteiger partial charge in [-0.25, -0.2) is 4.79 Å². The monoisotopic (exact) mass is 504 g/mol. The third-order valence-corrected chi connectivity index (χ3v) is 8.96. The molecule has 3 aliphatic rings. The molecule has 1 amide bonds. The summed E-state index contributed by atoms with van der Waals surface area (Å²) in [5, 5.41) is 3.19. The van der Waals surface area contributed by atoms with Gasteiger partial charge in [0.2, 0.25) is 5.91 Å². The third kappa shape index (κ3) is 5.40. The first kappa shape index (κ1) is 25.8. The van der Waals surface area contributed by atoms with E-state index < -0.39 is 0 Å². The minimum Gasteiger partial charge on any atom is -0.497 e. The summed E-state index contributed by atoms with van der Waals surface area (Å²) >= 11 is 0. The van der Waals surface area contributed by atoms with E-state index in [2.05, 4.69) is 35.3 Å². The van der Waals surface area contributed by atoms with Crippen LogP contribution in [0, 0.1) is 11.8 Å². The van der Waals surface area contributed by atoms with Crippen molar-refractivity contribution in [2.45, 2.75) is 63.8 Å². The van der Waals surface area contributed by atoms with Crippen LogP contribution in [0.2, 0.25) is 0 Å². The molecule has 37 heavy (non-hydrogen) atoms. The summed E-state index contributed by atoms with van der Waals surface area (Å²) in [6.07, 6.45) is 6.21. The molecular formula is C31H40N2O4. The van der Waals surface area contributed by atoms with E-state index >= 15 is 0 Å². The molecule has 2 bridgehead atoms. The molecule has 5 rings (SSSR count). The van der Waals surface area contributed by atoms with Gasteiger partial charge in [0.1, 0.15) is 5.75 Å². The first-order valence-electron chi connectivity index (χ1n) is 13.9. The van der Waals surface area contributed by atoms with E-state index in [0.29, 0.717) is 37.1 Å². The van der Waals surface area contributed by atoms with Gasteiger partial charge >= 0.3 is 5.97 Å². The van der Waals surface area contributed by atoms with Gasteiger partial charge in [0.25, 0.3) is 0 Å². The normalized spacial score (nSPS) is 24.7. The lowest BCUT2D eigenvalue weighted by Gasteiger charge is -2.56. The van der Waals surface area contributed by atoms with E-state index in [1.165, 1.54) is 30.5 Å². The highest BCUT2D eigenvalue weighted by molar-refractivity contribution is 5.89. The number of hydrogen-bond acceptors (Lipinski definition) is 5. The number of amides is 1. The first-order chi connectivity index (χ1) is 17.9. The van der Waals surface area contributed by atoms with Gasteiger partial charge in [0.15, 0.2) is 0 Å². The number of piperidine rings is 1. The highest BCUT2D eigenvalue weighted by Crippen LogP contribution is 2.52. The summed E-state index contributed by atoms with van der Waals surface area (Å²) in [7, 11) is 1.74. The average Bonchev–Trinajstić information content (AvgIpc) is 3.72. The highest BCUT2D eigenvalue weighted by atomic mass is 16.5. The zero-order chi connectivity index (χ0) is 26.0. The Morgan fingerprint density at radius 1 is 1.14 bits per heavy atom. The van der Waals surface area contributed by atoms with Crippen LogP contribution >= 0.6 is 0 Å². The second-order valence-corrected chi connectivity index (χ2v) is 11.1. The number of rotatable bonds is 10. The number of fused-ring (bicyclic) bond motifs is 4. The van der Waals surface area contributed by atoms with Gasteiger partial charge < -0.3 is 14.8 Å². The lowest BCUT2D eigenvalue weighted by molar-refractivity contribution is -0.120. The number of methoxy groups -OCH3 is 1. The van der Waals surface area contributed by atoms with Crippen molar-refractivity contribution in [3.63, 3.8) is 0 Å². The quantitative estimate of drug-likeness (QED) is 0.482. The molecule has 1 saturated heterocycles. The van der Waals surface area contributed by atoms with Crippen molar-refractivity contribution in [3.05, 3.63) is 64.7 Å². The van der Waals surface area contributed by atoms with E-state index in [-0.39, 0.29) is 17.3 Å². The number of nitrogens with zero attached hydrogens (tertiary/aromatic N) is 1. The minimum atomic E-state index is -0.335. The van der Waals surface area contributed by atoms with Gasteiger partial charge in [-0.3, -0.25) is 9.69 Å². The fourth-order valence-corrected chi connectivity index (χ4v) is 6.65. The molecule has 2 aromatic rings. The smallest absolute Gasteiger partial charge is 0.338 e. The Bertz CT molecular complexity index is 1130. The molecule has 0 spiro atoms. The molecule has 3 atom stereocenters. The number of carbonyl (C=O) groups is 2. The number of benzene rings is 2. The van der Waals surface area contributed by atoms with E-state index in [1.807, 2.05) is 12.1 Å². The first-order valence-corrected chi connectivity index (χ1v) is 13.9. The molecule has 0 aromatic heterocycles. The molecule has 0 unspecified atom stereocenters. The van der Waals surface area contributed by atoms with Gasteiger partial charge in [-0.2, -0.15) is 0 Å². The van der Waals surface area contributed by atoms with Crippen molar-refractivity contribution in [2.24, 2.45) is 11.8 Å². The van der Waals surface area contributed by atoms with Crippen molar-refractivity contribution >= 4 is 11.9 Å². The number of ether oxygens (including phenoxy) is 2. The zero-order valence-electron chi connectivity index (χ0n) is 22.4. The molecular weight excluding hydrogens is 464 g/mol. The summed E-state index contributed by atoms with van der Waals surface area (Å²) in [6, 6.07) is 14.3. The molecule has 198 valence electrons. The lowest BCUT2D eigenvalue weighted by Crippen LogP contribution is -2.60. The van der Waals surface area contributed by atoms with Gasteiger partial charge in [-0.15, -0.1) is 0 Å². The summed E-state index contributed by atoms with van der Waals surface area (Å²) < 4.78 is 10.7. The molecule has 6 nitrogen and oxygen atoms in total. The number of esters is 1. The maximum Gasteiger partial charge on any atom is 0.338 e. The van der Waals surface area contributed by atoms with Crippen molar-refractivity contribution in [3.8, 4) is 5.75 Å². The average molecular weight is 505 g/mol. The fraction of sp³-hybridized carbons (Fsp3) is 0.548. The molecule has 1 aliphatic heterocycles. The number of likely N-dealkylation sites (tertiary alicyclic amines) is 1. The maximum absolute atomic E-state index is 12.8. The number of carbonyl (C=O) groups excluding carboxylic acids is 2. The molecule has 2 fully saturated rings. The standard InChI is InChI=1S/C31H40N2O4/c1-4-37-30(35)24-9-7-22(8-10-24)17-29(34)32-15-13-31-14-16-33(20-23-5-6-23)28(21(31)2)18-25-11-12-26(36-3)19-27(25)31/h7-12,19,21,23,28H,4-6,13-18,20H2,1-3H3,(H,32,34)/t21-,28+,31-/m0/s1. The molecule has 1 heterocycles. The van der Waals surface area contributed by atoms with Crippen LogP contribution in [0.25, 0.3) is 0 Å². The number of hydrogen-bond donors (Lipinski definition) is 1. The van der Waals surface area contributed by atoms with Crippen molar-refractivity contribution in [1.82, 2.24) is 10.2 Å². The van der Waals surface area contributed by atoms with Crippen LogP contribution in [0.1, 0.15) is 66.6 Å². The lowest BCUT2D eigenvalue weighted by atomic mass is 9.56. The predicted molar refractivity (Wildman–Crippen MR) is 144 cm³/mol. The Labute approximate surface area is 220 Å². The van der Waals surface area contributed by atoms with E-state index in [0.717, 1.165) is 43.0 Å². The van der Waals surface area contributed by atoms with Gasteiger partial charge in [0, 0.05) is 24.5 Å². The molecule has 2 aromatic carbocycles. The molecule has 6 heteroatoms. The summed E-state index contributed by atoms with van der Waals surface area (Å²) in [4.78, 5) is 27.5. The summed E-state index contributed by atoms with van der Waals surface area (Å²) in [5.41, 5.74) is 4.30. The Morgan fingerprint density at radius 3 is 2.62 bits per heavy atom. The summed E-state index contributed by atoms with van der Waals surface area (Å²) in [6.45, 7) is 7.58. The number of nitrogens with one attached hydrogen (secondary N) is 1. The zero-order valence-corrected chi connectivity index (χ0v) is 22.4. The van der Waals surface area contributed by atoms with Crippen LogP contribution in [-0.4, -0.2) is 56.2 Å². The van der Waals surface area contributed by atoms with Crippen LogP contribution in [0.5, 0.6) is 5.75 Å². The molecule has 1 N–H and O–H groups in total. The van der Waals surface area contributed by atoms with Gasteiger partial charge in [-0.05, 0) is 98.4 Å². The van der Waals surface area contributed by atoms with Gasteiger partial charge in [0.05, 0.1) is 25.7 Å². The molecule has 0 radical (unpaired) electrons. The summed E-state index contributed by atoms with van der Waals surface area (Å²) in [5.74, 6) is 2.00. The highest BCUT2D eigenvalue weighted by Gasteiger charge is 2.51. The third-order valence-electron chi connectivity index (χ3n) is 8.96. The Morgan fingerprint density at radius 2 is 1.92 bits per heavy atom. The van der Waals surface area contributed by atoms with Crippen LogP contribution in [0.4, 0.5) is 0 Å². The fourth-order valence-electron chi connectivity index (χ4n) is 6.65.